The van der Waals surface area contributed by atoms with E-state index in [1.54, 1.807) is 21.0 Å². The summed E-state index contributed by atoms with van der Waals surface area (Å²) in [6.07, 6.45) is 1.46. The van der Waals surface area contributed by atoms with Gasteiger partial charge in [0.2, 0.25) is 17.7 Å². The van der Waals surface area contributed by atoms with Crippen LogP contribution in [-0.4, -0.2) is 78.3 Å². The molecule has 0 unspecified atom stereocenters. The molecular formula is C20H30BN3O6. The van der Waals surface area contributed by atoms with Gasteiger partial charge in [0.05, 0.1) is 6.54 Å². The van der Waals surface area contributed by atoms with E-state index in [0.717, 1.165) is 28.8 Å². The largest absolute Gasteiger partial charge is 0.635 e. The van der Waals surface area contributed by atoms with E-state index in [2.05, 4.69) is 5.32 Å². The van der Waals surface area contributed by atoms with Crippen LogP contribution in [0.15, 0.2) is 30.4 Å². The lowest BCUT2D eigenvalue weighted by Crippen LogP contribution is -2.47. The monoisotopic (exact) mass is 419 g/mol. The summed E-state index contributed by atoms with van der Waals surface area (Å²) in [5.41, 5.74) is 2.93. The number of aryl methyl sites for hydroxylation is 2. The van der Waals surface area contributed by atoms with Crippen molar-refractivity contribution >= 4 is 25.0 Å². The summed E-state index contributed by atoms with van der Waals surface area (Å²) in [7, 11) is 1.06. The minimum Gasteiger partial charge on any atom is -0.402 e. The lowest BCUT2D eigenvalue weighted by Gasteiger charge is -2.23. The van der Waals surface area contributed by atoms with Gasteiger partial charge in [-0.25, -0.2) is 0 Å². The highest BCUT2D eigenvalue weighted by Gasteiger charge is 2.23. The molecule has 9 nitrogen and oxygen atoms in total. The molecule has 0 fully saturated rings. The Hall–Kier alpha value is -2.69. The number of benzene rings is 1. The lowest BCUT2D eigenvalue weighted by molar-refractivity contribution is -0.133. The smallest absolute Gasteiger partial charge is 0.402 e. The SMILES string of the molecule is CCN(CC(=O)N[C@@H](Cc1ccc(C)cc1C)OB(O)O)C(=O)/C=C/C(=O)N(C)C. The fourth-order valence-electron chi connectivity index (χ4n) is 2.70. The minimum atomic E-state index is -2.06. The first kappa shape index (κ1) is 25.4. The third kappa shape index (κ3) is 8.77. The van der Waals surface area contributed by atoms with Gasteiger partial charge in [-0.1, -0.05) is 23.8 Å². The van der Waals surface area contributed by atoms with E-state index in [1.165, 1.54) is 9.80 Å². The normalized spacial score (nSPS) is 11.8. The van der Waals surface area contributed by atoms with E-state index < -0.39 is 25.4 Å². The number of carbonyl (C=O) groups is 3. The summed E-state index contributed by atoms with van der Waals surface area (Å²) in [6, 6.07) is 5.77. The van der Waals surface area contributed by atoms with Crippen molar-refractivity contribution in [3.8, 4) is 0 Å². The first-order chi connectivity index (χ1) is 14.0. The summed E-state index contributed by atoms with van der Waals surface area (Å²) in [5.74, 6) is -1.37. The molecule has 0 aliphatic carbocycles. The van der Waals surface area contributed by atoms with Gasteiger partial charge < -0.3 is 29.8 Å². The predicted octanol–water partition coefficient (Wildman–Crippen LogP) is -0.233. The zero-order valence-corrected chi connectivity index (χ0v) is 18.1. The van der Waals surface area contributed by atoms with Crippen LogP contribution in [-0.2, 0) is 25.5 Å². The average Bonchev–Trinajstić information content (AvgIpc) is 2.65. The second-order valence-electron chi connectivity index (χ2n) is 7.07. The molecule has 0 aliphatic heterocycles. The molecule has 1 rings (SSSR count). The number of carbonyl (C=O) groups excluding carboxylic acids is 3. The van der Waals surface area contributed by atoms with Crippen LogP contribution in [0.25, 0.3) is 0 Å². The Balaban J connectivity index is 2.79. The summed E-state index contributed by atoms with van der Waals surface area (Å²) in [4.78, 5) is 38.8. The number of rotatable bonds is 10. The number of likely N-dealkylation sites (N-methyl/N-ethyl adjacent to an activating group) is 2. The van der Waals surface area contributed by atoms with Gasteiger partial charge in [0.15, 0.2) is 0 Å². The van der Waals surface area contributed by atoms with Gasteiger partial charge in [0.25, 0.3) is 0 Å². The highest BCUT2D eigenvalue weighted by atomic mass is 16.6. The molecule has 3 amide bonds. The Labute approximate surface area is 177 Å². The third-order valence-corrected chi connectivity index (χ3v) is 4.35. The van der Waals surface area contributed by atoms with E-state index in [9.17, 15) is 24.4 Å². The number of nitrogens with one attached hydrogen (secondary N) is 1. The standard InChI is InChI=1S/C20H30BN3O6/c1-6-24(20(27)10-9-19(26)23(4)5)13-17(25)22-18(30-21(28)29)12-16-8-7-14(2)11-15(16)3/h7-11,18,28-29H,6,12-13H2,1-5H3,(H,22,25)/b10-9+/t18-/m1/s1. The van der Waals surface area contributed by atoms with Crippen molar-refractivity contribution in [3.05, 3.63) is 47.0 Å². The van der Waals surface area contributed by atoms with Crippen molar-refractivity contribution in [3.63, 3.8) is 0 Å². The van der Waals surface area contributed by atoms with Gasteiger partial charge in [0.1, 0.15) is 6.23 Å². The van der Waals surface area contributed by atoms with Crippen LogP contribution in [0.5, 0.6) is 0 Å². The van der Waals surface area contributed by atoms with Gasteiger partial charge in [-0.15, -0.1) is 0 Å². The molecule has 164 valence electrons. The van der Waals surface area contributed by atoms with Gasteiger partial charge in [0, 0.05) is 39.2 Å². The second kappa shape index (κ2) is 12.1. The maximum Gasteiger partial charge on any atom is 0.635 e. The molecule has 10 heteroatoms. The van der Waals surface area contributed by atoms with Crippen molar-refractivity contribution in [2.45, 2.75) is 33.4 Å². The van der Waals surface area contributed by atoms with Gasteiger partial charge in [-0.3, -0.25) is 14.4 Å². The van der Waals surface area contributed by atoms with Crippen molar-refractivity contribution in [1.29, 1.82) is 0 Å². The van der Waals surface area contributed by atoms with Crippen LogP contribution in [0.1, 0.15) is 23.6 Å². The number of hydrogen-bond donors (Lipinski definition) is 3. The predicted molar refractivity (Wildman–Crippen MR) is 113 cm³/mol. The molecule has 0 spiro atoms. The first-order valence-electron chi connectivity index (χ1n) is 9.58. The van der Waals surface area contributed by atoms with Crippen molar-refractivity contribution in [2.24, 2.45) is 0 Å². The molecule has 1 aromatic rings. The van der Waals surface area contributed by atoms with E-state index >= 15 is 0 Å². The second-order valence-corrected chi connectivity index (χ2v) is 7.07. The van der Waals surface area contributed by atoms with Gasteiger partial charge in [-0.05, 0) is 31.9 Å². The van der Waals surface area contributed by atoms with Crippen LogP contribution >= 0.6 is 0 Å². The van der Waals surface area contributed by atoms with Crippen LogP contribution < -0.4 is 5.32 Å². The Bertz CT molecular complexity index is 782. The van der Waals surface area contributed by atoms with Crippen molar-refractivity contribution < 1.29 is 29.1 Å². The van der Waals surface area contributed by atoms with Gasteiger partial charge in [-0.2, -0.15) is 0 Å². The van der Waals surface area contributed by atoms with E-state index in [1.807, 2.05) is 32.0 Å². The molecule has 0 bridgehead atoms. The van der Waals surface area contributed by atoms with Crippen molar-refractivity contribution in [1.82, 2.24) is 15.1 Å². The molecule has 0 saturated heterocycles. The summed E-state index contributed by atoms with van der Waals surface area (Å²) >= 11 is 0. The molecule has 0 heterocycles. The molecule has 0 aliphatic rings. The Kier molecular flexibility index (Phi) is 10.2. The molecule has 0 aromatic heterocycles. The number of hydrogen-bond acceptors (Lipinski definition) is 6. The summed E-state index contributed by atoms with van der Waals surface area (Å²) in [6.45, 7) is 5.55. The summed E-state index contributed by atoms with van der Waals surface area (Å²) in [5, 5.41) is 20.9. The fraction of sp³-hybridized carbons (Fsp3) is 0.450. The molecule has 0 radical (unpaired) electrons. The highest BCUT2D eigenvalue weighted by Crippen LogP contribution is 2.13. The summed E-state index contributed by atoms with van der Waals surface area (Å²) < 4.78 is 5.00. The third-order valence-electron chi connectivity index (χ3n) is 4.35. The van der Waals surface area contributed by atoms with Crippen molar-refractivity contribution in [2.75, 3.05) is 27.2 Å². The maximum atomic E-state index is 12.4. The number of amides is 3. The Morgan fingerprint density at radius 3 is 2.33 bits per heavy atom. The highest BCUT2D eigenvalue weighted by molar-refractivity contribution is 6.32. The Morgan fingerprint density at radius 1 is 1.17 bits per heavy atom. The maximum absolute atomic E-state index is 12.4. The van der Waals surface area contributed by atoms with Crippen LogP contribution in [0, 0.1) is 13.8 Å². The quantitative estimate of drug-likeness (QED) is 0.274. The minimum absolute atomic E-state index is 0.215. The van der Waals surface area contributed by atoms with Crippen LogP contribution in [0.3, 0.4) is 0 Å². The van der Waals surface area contributed by atoms with Crippen LogP contribution in [0.2, 0.25) is 0 Å². The van der Waals surface area contributed by atoms with Crippen LogP contribution in [0.4, 0.5) is 0 Å². The average molecular weight is 419 g/mol. The zero-order valence-electron chi connectivity index (χ0n) is 18.1. The molecule has 1 atom stereocenters. The van der Waals surface area contributed by atoms with E-state index in [4.69, 9.17) is 4.65 Å². The number of nitrogens with zero attached hydrogens (tertiary/aromatic N) is 2. The zero-order chi connectivity index (χ0) is 22.8. The molecule has 3 N–H and O–H groups in total. The van der Waals surface area contributed by atoms with E-state index in [-0.39, 0.29) is 25.4 Å². The Morgan fingerprint density at radius 2 is 1.80 bits per heavy atom. The molecule has 0 saturated carbocycles. The fourth-order valence-corrected chi connectivity index (χ4v) is 2.70. The van der Waals surface area contributed by atoms with E-state index in [0.29, 0.717) is 0 Å². The van der Waals surface area contributed by atoms with Gasteiger partial charge >= 0.3 is 7.32 Å². The molecule has 30 heavy (non-hydrogen) atoms. The molecular weight excluding hydrogens is 389 g/mol. The lowest BCUT2D eigenvalue weighted by atomic mass is 10.0. The molecule has 1 aromatic carbocycles. The topological polar surface area (TPSA) is 119 Å². The first-order valence-corrected chi connectivity index (χ1v) is 9.58.